The highest BCUT2D eigenvalue weighted by atomic mass is 16.4. The van der Waals surface area contributed by atoms with E-state index >= 15 is 0 Å². The molecule has 2 N–H and O–H groups in total. The van der Waals surface area contributed by atoms with Crippen LogP contribution in [0, 0.1) is 5.92 Å². The van der Waals surface area contributed by atoms with Crippen molar-refractivity contribution in [2.75, 3.05) is 23.3 Å². The Balaban J connectivity index is 1.98. The van der Waals surface area contributed by atoms with Crippen LogP contribution in [-0.4, -0.2) is 30.1 Å². The van der Waals surface area contributed by atoms with Crippen LogP contribution in [0.2, 0.25) is 0 Å². The normalized spacial score (nSPS) is 15.8. The van der Waals surface area contributed by atoms with Gasteiger partial charge in [0.15, 0.2) is 0 Å². The fraction of sp³-hybridized carbons (Fsp3) is 0.500. The monoisotopic (exact) mass is 290 g/mol. The molecular weight excluding hydrogens is 268 g/mol. The molecule has 1 aliphatic rings. The van der Waals surface area contributed by atoms with Crippen LogP contribution < -0.4 is 10.2 Å². The van der Waals surface area contributed by atoms with Gasteiger partial charge >= 0.3 is 5.97 Å². The molecule has 5 heteroatoms. The summed E-state index contributed by atoms with van der Waals surface area (Å²) in [6, 6.07) is 7.78. The van der Waals surface area contributed by atoms with E-state index in [-0.39, 0.29) is 24.7 Å². The number of anilines is 2. The van der Waals surface area contributed by atoms with Gasteiger partial charge in [0, 0.05) is 25.9 Å². The molecule has 21 heavy (non-hydrogen) atoms. The van der Waals surface area contributed by atoms with Crippen molar-refractivity contribution in [1.82, 2.24) is 0 Å². The summed E-state index contributed by atoms with van der Waals surface area (Å²) in [5, 5.41) is 11.7. The van der Waals surface area contributed by atoms with Crippen molar-refractivity contribution < 1.29 is 14.7 Å². The molecule has 0 aromatic heterocycles. The zero-order chi connectivity index (χ0) is 15.2. The average Bonchev–Trinajstić information content (AvgIpc) is 2.91. The summed E-state index contributed by atoms with van der Waals surface area (Å²) in [5.74, 6) is -1.16. The summed E-state index contributed by atoms with van der Waals surface area (Å²) in [5.41, 5.74) is 1.86. The second kappa shape index (κ2) is 7.11. The fourth-order valence-corrected chi connectivity index (χ4v) is 2.70. The molecule has 0 bridgehead atoms. The Morgan fingerprint density at radius 1 is 1.24 bits per heavy atom. The lowest BCUT2D eigenvalue weighted by atomic mass is 10.0. The van der Waals surface area contributed by atoms with E-state index in [4.69, 9.17) is 5.11 Å². The van der Waals surface area contributed by atoms with Gasteiger partial charge in [-0.25, -0.2) is 0 Å². The standard InChI is InChI=1S/C16H22N2O3/c1-12(11-16(20)21)10-15(19)17-13-6-2-3-7-14(13)18-8-4-5-9-18/h2-3,6-7,12H,4-5,8-11H2,1H3,(H,17,19)(H,20,21). The third-order valence-electron chi connectivity index (χ3n) is 3.68. The number of carboxylic acid groups (broad SMARTS) is 1. The molecule has 1 saturated heterocycles. The minimum Gasteiger partial charge on any atom is -0.481 e. The molecule has 0 spiro atoms. The van der Waals surface area contributed by atoms with E-state index in [1.807, 2.05) is 24.3 Å². The Morgan fingerprint density at radius 3 is 2.57 bits per heavy atom. The highest BCUT2D eigenvalue weighted by molar-refractivity contribution is 5.94. The molecule has 1 fully saturated rings. The minimum atomic E-state index is -0.868. The van der Waals surface area contributed by atoms with E-state index in [1.165, 1.54) is 12.8 Å². The van der Waals surface area contributed by atoms with Crippen LogP contribution >= 0.6 is 0 Å². The zero-order valence-corrected chi connectivity index (χ0v) is 12.3. The number of hydrogen-bond donors (Lipinski definition) is 2. The molecule has 5 nitrogen and oxygen atoms in total. The first kappa shape index (κ1) is 15.4. The number of carboxylic acids is 1. The molecule has 1 amide bonds. The molecule has 0 radical (unpaired) electrons. The van der Waals surface area contributed by atoms with Crippen LogP contribution in [0.25, 0.3) is 0 Å². The number of nitrogens with one attached hydrogen (secondary N) is 1. The maximum Gasteiger partial charge on any atom is 0.303 e. The number of amides is 1. The van der Waals surface area contributed by atoms with Crippen LogP contribution in [0.5, 0.6) is 0 Å². The number of aliphatic carboxylic acids is 1. The quantitative estimate of drug-likeness (QED) is 0.845. The van der Waals surface area contributed by atoms with Crippen molar-refractivity contribution in [2.24, 2.45) is 5.92 Å². The van der Waals surface area contributed by atoms with Gasteiger partial charge in [0.1, 0.15) is 0 Å². The van der Waals surface area contributed by atoms with E-state index < -0.39 is 5.97 Å². The van der Waals surface area contributed by atoms with Crippen LogP contribution in [0.3, 0.4) is 0 Å². The molecule has 1 heterocycles. The van der Waals surface area contributed by atoms with Gasteiger partial charge in [-0.05, 0) is 30.9 Å². The van der Waals surface area contributed by atoms with Gasteiger partial charge in [0.25, 0.3) is 0 Å². The van der Waals surface area contributed by atoms with Crippen molar-refractivity contribution in [2.45, 2.75) is 32.6 Å². The van der Waals surface area contributed by atoms with Crippen molar-refractivity contribution >= 4 is 23.3 Å². The maximum absolute atomic E-state index is 12.0. The largest absolute Gasteiger partial charge is 0.481 e. The summed E-state index contributed by atoms with van der Waals surface area (Å²) >= 11 is 0. The number of nitrogens with zero attached hydrogens (tertiary/aromatic N) is 1. The molecule has 1 aromatic rings. The lowest BCUT2D eigenvalue weighted by molar-refractivity contribution is -0.138. The number of benzene rings is 1. The Kier molecular flexibility index (Phi) is 5.20. The number of hydrogen-bond acceptors (Lipinski definition) is 3. The van der Waals surface area contributed by atoms with Crippen LogP contribution in [0.4, 0.5) is 11.4 Å². The van der Waals surface area contributed by atoms with E-state index in [0.717, 1.165) is 24.5 Å². The maximum atomic E-state index is 12.0. The summed E-state index contributed by atoms with van der Waals surface area (Å²) in [6.45, 7) is 3.81. The first-order chi connectivity index (χ1) is 10.1. The molecule has 1 aromatic carbocycles. The minimum absolute atomic E-state index is 0.0151. The molecule has 0 saturated carbocycles. The zero-order valence-electron chi connectivity index (χ0n) is 12.3. The lowest BCUT2D eigenvalue weighted by Gasteiger charge is -2.21. The topological polar surface area (TPSA) is 69.6 Å². The number of carbonyl (C=O) groups excluding carboxylic acids is 1. The fourth-order valence-electron chi connectivity index (χ4n) is 2.70. The first-order valence-electron chi connectivity index (χ1n) is 7.42. The Morgan fingerprint density at radius 2 is 1.90 bits per heavy atom. The summed E-state index contributed by atoms with van der Waals surface area (Å²) in [6.07, 6.45) is 2.59. The average molecular weight is 290 g/mol. The van der Waals surface area contributed by atoms with Crippen molar-refractivity contribution in [3.63, 3.8) is 0 Å². The Labute approximate surface area is 125 Å². The highest BCUT2D eigenvalue weighted by Crippen LogP contribution is 2.28. The predicted octanol–water partition coefficient (Wildman–Crippen LogP) is 2.73. The summed E-state index contributed by atoms with van der Waals surface area (Å²) in [4.78, 5) is 25.0. The number of para-hydroxylation sites is 2. The van der Waals surface area contributed by atoms with E-state index in [2.05, 4.69) is 10.2 Å². The molecule has 1 unspecified atom stereocenters. The number of carbonyl (C=O) groups is 2. The Bertz CT molecular complexity index is 510. The Hall–Kier alpha value is -2.04. The number of rotatable bonds is 6. The van der Waals surface area contributed by atoms with E-state index in [1.54, 1.807) is 6.92 Å². The van der Waals surface area contributed by atoms with Gasteiger partial charge in [-0.3, -0.25) is 9.59 Å². The van der Waals surface area contributed by atoms with Gasteiger partial charge in [-0.1, -0.05) is 19.1 Å². The predicted molar refractivity (Wildman–Crippen MR) is 82.6 cm³/mol. The second-order valence-electron chi connectivity index (χ2n) is 5.67. The van der Waals surface area contributed by atoms with E-state index in [0.29, 0.717) is 0 Å². The lowest BCUT2D eigenvalue weighted by Crippen LogP contribution is -2.22. The van der Waals surface area contributed by atoms with E-state index in [9.17, 15) is 9.59 Å². The van der Waals surface area contributed by atoms with Gasteiger partial charge in [-0.2, -0.15) is 0 Å². The second-order valence-corrected chi connectivity index (χ2v) is 5.67. The summed E-state index contributed by atoms with van der Waals surface area (Å²) < 4.78 is 0. The molecular formula is C16H22N2O3. The third-order valence-corrected chi connectivity index (χ3v) is 3.68. The van der Waals surface area contributed by atoms with Gasteiger partial charge in [0.2, 0.25) is 5.91 Å². The van der Waals surface area contributed by atoms with Crippen molar-refractivity contribution in [3.8, 4) is 0 Å². The van der Waals surface area contributed by atoms with Gasteiger partial charge in [-0.15, -0.1) is 0 Å². The molecule has 114 valence electrons. The van der Waals surface area contributed by atoms with Crippen LogP contribution in [0.1, 0.15) is 32.6 Å². The third kappa shape index (κ3) is 4.48. The van der Waals surface area contributed by atoms with Crippen LogP contribution in [0.15, 0.2) is 24.3 Å². The van der Waals surface area contributed by atoms with Crippen molar-refractivity contribution in [1.29, 1.82) is 0 Å². The molecule has 1 aliphatic heterocycles. The molecule has 0 aliphatic carbocycles. The van der Waals surface area contributed by atoms with Gasteiger partial charge in [0.05, 0.1) is 11.4 Å². The van der Waals surface area contributed by atoms with Crippen molar-refractivity contribution in [3.05, 3.63) is 24.3 Å². The highest BCUT2D eigenvalue weighted by Gasteiger charge is 2.18. The first-order valence-corrected chi connectivity index (χ1v) is 7.42. The molecule has 1 atom stereocenters. The smallest absolute Gasteiger partial charge is 0.303 e. The summed E-state index contributed by atoms with van der Waals surface area (Å²) in [7, 11) is 0. The SMILES string of the molecule is CC(CC(=O)O)CC(=O)Nc1ccccc1N1CCCC1. The molecule has 2 rings (SSSR count). The van der Waals surface area contributed by atoms with Gasteiger partial charge < -0.3 is 15.3 Å². The van der Waals surface area contributed by atoms with Crippen LogP contribution in [-0.2, 0) is 9.59 Å².